The summed E-state index contributed by atoms with van der Waals surface area (Å²) in [5.74, 6) is 0.685. The van der Waals surface area contributed by atoms with Gasteiger partial charge in [-0.05, 0) is 73.8 Å². The van der Waals surface area contributed by atoms with Crippen LogP contribution in [0.2, 0.25) is 10.0 Å². The summed E-state index contributed by atoms with van der Waals surface area (Å²) in [7, 11) is 3.04. The number of pyridine rings is 2. The quantitative estimate of drug-likeness (QED) is 0.0984. The van der Waals surface area contributed by atoms with E-state index < -0.39 is 24.6 Å². The first kappa shape index (κ1) is 38.1. The number of amides is 1. The smallest absolute Gasteiger partial charge is 0.414 e. The van der Waals surface area contributed by atoms with E-state index in [4.69, 9.17) is 52.1 Å². The van der Waals surface area contributed by atoms with Crippen LogP contribution >= 0.6 is 23.2 Å². The highest BCUT2D eigenvalue weighted by atomic mass is 35.5. The molecule has 15 heteroatoms. The lowest BCUT2D eigenvalue weighted by Crippen LogP contribution is -2.53. The number of para-hydroxylation sites is 1. The van der Waals surface area contributed by atoms with Crippen molar-refractivity contribution in [2.24, 2.45) is 5.92 Å². The standard InChI is InChI=1S/C36H37Cl2N4O7.CH2O2/c1-46-31-11-9-24(16-33(31)47-2)32(17-28-29(37)20-41(45)21-30(28)38)48-35(43)25-8-10-26(39-18-25)19-42(27-6-4-3-5-7-27)36(44)49-34-22-40-14-12-23(34)13-15-40;2-1-3/h3-11,16,18,20-21,23,32,34,45H,12-15,17,19,22H2,1-2H3;1H,(H,2,3)/q+1;/p-1/t32-,34-;/m0./s1. The molecule has 274 valence electrons. The molecule has 52 heavy (non-hydrogen) atoms. The molecule has 4 aromatic rings. The Balaban J connectivity index is 0.00000168. The predicted molar refractivity (Wildman–Crippen MR) is 188 cm³/mol. The molecule has 7 rings (SSSR count). The molecule has 13 nitrogen and oxygen atoms in total. The van der Waals surface area contributed by atoms with Gasteiger partial charge in [0.05, 0.1) is 32.0 Å². The van der Waals surface area contributed by atoms with Crippen LogP contribution in [0.1, 0.15) is 46.1 Å². The molecule has 2 aromatic heterocycles. The Morgan fingerprint density at radius 3 is 2.29 bits per heavy atom. The number of rotatable bonds is 11. The highest BCUT2D eigenvalue weighted by molar-refractivity contribution is 6.35. The highest BCUT2D eigenvalue weighted by Crippen LogP contribution is 2.36. The third-order valence-electron chi connectivity index (χ3n) is 9.00. The Morgan fingerprint density at radius 1 is 1.04 bits per heavy atom. The molecule has 0 spiro atoms. The van der Waals surface area contributed by atoms with Crippen molar-refractivity contribution in [2.75, 3.05) is 38.8 Å². The summed E-state index contributed by atoms with van der Waals surface area (Å²) < 4.78 is 23.7. The lowest BCUT2D eigenvalue weighted by molar-refractivity contribution is -0.904. The van der Waals surface area contributed by atoms with Gasteiger partial charge in [0.1, 0.15) is 22.3 Å². The van der Waals surface area contributed by atoms with Crippen molar-refractivity contribution in [2.45, 2.75) is 38.0 Å². The molecule has 0 saturated carbocycles. The van der Waals surface area contributed by atoms with Crippen LogP contribution in [0.5, 0.6) is 11.5 Å². The molecule has 1 N–H and O–H groups in total. The minimum absolute atomic E-state index is 0.0962. The van der Waals surface area contributed by atoms with E-state index in [1.165, 1.54) is 32.8 Å². The van der Waals surface area contributed by atoms with Gasteiger partial charge in [-0.15, -0.1) is 0 Å². The molecule has 5 heterocycles. The summed E-state index contributed by atoms with van der Waals surface area (Å²) in [4.78, 5) is 43.8. The Morgan fingerprint density at radius 2 is 1.71 bits per heavy atom. The number of hydrogen-bond donors (Lipinski definition) is 1. The number of carbonyl (C=O) groups is 3. The fraction of sp³-hybridized carbons (Fsp3) is 0.324. The zero-order valence-corrected chi connectivity index (χ0v) is 30.0. The van der Waals surface area contributed by atoms with Gasteiger partial charge in [0.25, 0.3) is 0 Å². The number of aromatic nitrogens is 2. The molecule has 3 aliphatic rings. The minimum Gasteiger partial charge on any atom is -0.554 e. The number of carboxylic acid groups (broad SMARTS) is 1. The lowest BCUT2D eigenvalue weighted by atomic mass is 9.86. The first-order valence-corrected chi connectivity index (χ1v) is 17.2. The normalized spacial score (nSPS) is 17.9. The SMILES string of the molecule is COc1ccc([C@H](Cc2c(Cl)c[n+](O)cc2Cl)OC(=O)c2ccc(CN(C(=O)O[C@H]3CN4CCC3CC4)c3ccccc3)nc2)cc1OC.O=C[O-]. The van der Waals surface area contributed by atoms with Crippen molar-refractivity contribution >= 4 is 47.4 Å². The summed E-state index contributed by atoms with van der Waals surface area (Å²) >= 11 is 12.8. The summed E-state index contributed by atoms with van der Waals surface area (Å²) in [6.07, 6.45) is 4.74. The average Bonchev–Trinajstić information content (AvgIpc) is 3.15. The number of carbonyl (C=O) groups excluding carboxylic acids is 3. The maximum atomic E-state index is 13.6. The molecule has 2 aromatic carbocycles. The molecule has 2 atom stereocenters. The van der Waals surface area contributed by atoms with Crippen molar-refractivity contribution in [1.29, 1.82) is 0 Å². The molecule has 0 aliphatic carbocycles. The van der Waals surface area contributed by atoms with E-state index in [-0.39, 0.29) is 34.7 Å². The minimum atomic E-state index is -0.855. The van der Waals surface area contributed by atoms with Crippen LogP contribution in [0, 0.1) is 5.92 Å². The molecule has 3 fully saturated rings. The van der Waals surface area contributed by atoms with Gasteiger partial charge < -0.3 is 28.8 Å². The van der Waals surface area contributed by atoms with Crippen LogP contribution < -0.4 is 24.2 Å². The zero-order valence-electron chi connectivity index (χ0n) is 28.5. The van der Waals surface area contributed by atoms with Crippen LogP contribution in [0.4, 0.5) is 10.5 Å². The van der Waals surface area contributed by atoms with Crippen molar-refractivity contribution in [3.63, 3.8) is 0 Å². The van der Waals surface area contributed by atoms with Crippen molar-refractivity contribution < 1.29 is 48.4 Å². The Hall–Kier alpha value is -5.11. The number of halogens is 2. The van der Waals surface area contributed by atoms with Gasteiger partial charge in [-0.25, -0.2) is 9.59 Å². The number of anilines is 1. The second-order valence-corrected chi connectivity index (χ2v) is 13.0. The molecular formula is C37H38Cl2N4O9. The number of fused-ring (bicyclic) bond motifs is 3. The van der Waals surface area contributed by atoms with E-state index >= 15 is 0 Å². The second-order valence-electron chi connectivity index (χ2n) is 12.1. The average molecular weight is 754 g/mol. The Kier molecular flexibility index (Phi) is 13.1. The van der Waals surface area contributed by atoms with Crippen molar-refractivity contribution in [1.82, 2.24) is 9.88 Å². The van der Waals surface area contributed by atoms with Crippen LogP contribution in [-0.4, -0.2) is 73.6 Å². The topological polar surface area (TPSA) is 155 Å². The third kappa shape index (κ3) is 9.40. The van der Waals surface area contributed by atoms with E-state index in [1.54, 1.807) is 35.2 Å². The summed E-state index contributed by atoms with van der Waals surface area (Å²) in [6, 6.07) is 17.8. The van der Waals surface area contributed by atoms with Crippen molar-refractivity contribution in [3.8, 4) is 11.5 Å². The highest BCUT2D eigenvalue weighted by Gasteiger charge is 2.37. The van der Waals surface area contributed by atoms with E-state index in [0.717, 1.165) is 37.2 Å². The number of methoxy groups -OCH3 is 2. The van der Waals surface area contributed by atoms with E-state index in [0.29, 0.717) is 39.9 Å². The zero-order chi connectivity index (χ0) is 37.2. The molecule has 3 saturated heterocycles. The second kappa shape index (κ2) is 17.9. The Labute approximate surface area is 310 Å². The van der Waals surface area contributed by atoms with Gasteiger partial charge in [-0.2, -0.15) is 0 Å². The number of benzene rings is 2. The fourth-order valence-corrected chi connectivity index (χ4v) is 6.91. The van der Waals surface area contributed by atoms with E-state index in [1.807, 2.05) is 30.3 Å². The Bertz CT molecular complexity index is 1820. The molecule has 0 radical (unpaired) electrons. The number of hydrogen-bond acceptors (Lipinski definition) is 11. The monoisotopic (exact) mass is 752 g/mol. The first-order valence-electron chi connectivity index (χ1n) is 16.4. The maximum Gasteiger partial charge on any atom is 0.414 e. The van der Waals surface area contributed by atoms with Gasteiger partial charge in [0, 0.05) is 41.6 Å². The molecular weight excluding hydrogens is 715 g/mol. The molecule has 0 unspecified atom stereocenters. The van der Waals surface area contributed by atoms with Crippen LogP contribution in [0.25, 0.3) is 0 Å². The predicted octanol–water partition coefficient (Wildman–Crippen LogP) is 4.67. The lowest BCUT2D eigenvalue weighted by Gasteiger charge is -2.44. The van der Waals surface area contributed by atoms with Gasteiger partial charge in [-0.3, -0.25) is 20.0 Å². The number of ether oxygens (including phenoxy) is 4. The number of nitrogens with zero attached hydrogens (tertiary/aromatic N) is 4. The van der Waals surface area contributed by atoms with Gasteiger partial charge in [0.2, 0.25) is 12.4 Å². The maximum absolute atomic E-state index is 13.6. The largest absolute Gasteiger partial charge is 0.554 e. The summed E-state index contributed by atoms with van der Waals surface area (Å²) in [5, 5.41) is 18.5. The van der Waals surface area contributed by atoms with Gasteiger partial charge in [0.15, 0.2) is 11.5 Å². The third-order valence-corrected chi connectivity index (χ3v) is 9.65. The van der Waals surface area contributed by atoms with E-state index in [2.05, 4.69) is 9.88 Å². The van der Waals surface area contributed by atoms with Crippen LogP contribution in [-0.2, 0) is 27.2 Å². The summed E-state index contributed by atoms with van der Waals surface area (Å²) in [6.45, 7) is 2.49. The number of piperidine rings is 3. The van der Waals surface area contributed by atoms with Gasteiger partial charge in [-0.1, -0.05) is 47.5 Å². The molecule has 2 bridgehead atoms. The van der Waals surface area contributed by atoms with Crippen molar-refractivity contribution in [3.05, 3.63) is 112 Å². The van der Waals surface area contributed by atoms with E-state index in [9.17, 15) is 14.8 Å². The molecule has 1 amide bonds. The summed E-state index contributed by atoms with van der Waals surface area (Å²) in [5.41, 5.74) is 2.52. The number of esters is 1. The first-order chi connectivity index (χ1) is 25.1. The van der Waals surface area contributed by atoms with Crippen LogP contribution in [0.15, 0.2) is 79.3 Å². The molecule has 3 aliphatic heterocycles. The van der Waals surface area contributed by atoms with Crippen LogP contribution in [0.3, 0.4) is 0 Å². The fourth-order valence-electron chi connectivity index (χ4n) is 6.31. The van der Waals surface area contributed by atoms with Gasteiger partial charge >= 0.3 is 12.1 Å².